The number of amides is 2. The molecule has 0 atom stereocenters. The van der Waals surface area contributed by atoms with Gasteiger partial charge in [-0.15, -0.1) is 13.2 Å². The fraction of sp³-hybridized carbons (Fsp3) is 0.136. The van der Waals surface area contributed by atoms with Gasteiger partial charge in [0.2, 0.25) is 0 Å². The third-order valence-corrected chi connectivity index (χ3v) is 4.88. The van der Waals surface area contributed by atoms with Crippen LogP contribution >= 0.6 is 0 Å². The van der Waals surface area contributed by atoms with Gasteiger partial charge >= 0.3 is 6.36 Å². The number of aromatic nitrogens is 2. The molecule has 0 radical (unpaired) electrons. The highest BCUT2D eigenvalue weighted by Gasteiger charge is 2.34. The van der Waals surface area contributed by atoms with Crippen LogP contribution in [0.15, 0.2) is 54.9 Å². The van der Waals surface area contributed by atoms with Crippen molar-refractivity contribution in [3.8, 4) is 5.75 Å². The van der Waals surface area contributed by atoms with Gasteiger partial charge in [-0.05, 0) is 36.4 Å². The predicted molar refractivity (Wildman–Crippen MR) is 117 cm³/mol. The number of fused-ring (bicyclic) bond motifs is 1. The van der Waals surface area contributed by atoms with Crippen molar-refractivity contribution in [2.45, 2.75) is 6.36 Å². The number of carbonyl (C=O) groups is 2. The first-order valence-electron chi connectivity index (χ1n) is 9.94. The number of alkyl halides is 3. The van der Waals surface area contributed by atoms with E-state index in [1.807, 2.05) is 0 Å². The van der Waals surface area contributed by atoms with Gasteiger partial charge in [-0.1, -0.05) is 12.1 Å². The summed E-state index contributed by atoms with van der Waals surface area (Å²) in [6, 6.07) is 11.6. The second-order valence-corrected chi connectivity index (χ2v) is 7.06. The SMILES string of the molecule is N=Cc1c(NCCN2C(=O)c3ccccc3C2=O)ncnc1Nc1ccc(OC(F)(F)F)cc1. The van der Waals surface area contributed by atoms with E-state index in [1.165, 1.54) is 18.5 Å². The predicted octanol–water partition coefficient (Wildman–Crippen LogP) is 3.82. The molecule has 2 amide bonds. The van der Waals surface area contributed by atoms with Crippen molar-refractivity contribution < 1.29 is 27.5 Å². The Morgan fingerprint density at radius 2 is 1.59 bits per heavy atom. The Hall–Kier alpha value is -4.48. The summed E-state index contributed by atoms with van der Waals surface area (Å²) in [5.74, 6) is -0.613. The van der Waals surface area contributed by atoms with Gasteiger partial charge in [0.25, 0.3) is 11.8 Å². The maximum atomic E-state index is 12.5. The number of halogens is 3. The lowest BCUT2D eigenvalue weighted by Crippen LogP contribution is -2.34. The number of nitrogens with zero attached hydrogens (tertiary/aromatic N) is 3. The highest BCUT2D eigenvalue weighted by atomic mass is 19.4. The Morgan fingerprint density at radius 3 is 2.18 bits per heavy atom. The van der Waals surface area contributed by atoms with Crippen molar-refractivity contribution in [3.63, 3.8) is 0 Å². The lowest BCUT2D eigenvalue weighted by atomic mass is 10.1. The van der Waals surface area contributed by atoms with E-state index in [4.69, 9.17) is 5.41 Å². The third-order valence-electron chi connectivity index (χ3n) is 4.88. The van der Waals surface area contributed by atoms with E-state index in [9.17, 15) is 22.8 Å². The van der Waals surface area contributed by atoms with E-state index in [2.05, 4.69) is 25.3 Å². The van der Waals surface area contributed by atoms with Gasteiger partial charge < -0.3 is 20.8 Å². The molecule has 2 aromatic carbocycles. The van der Waals surface area contributed by atoms with Crippen LogP contribution < -0.4 is 15.4 Å². The summed E-state index contributed by atoms with van der Waals surface area (Å²) < 4.78 is 40.8. The average molecular weight is 470 g/mol. The van der Waals surface area contributed by atoms with Crippen LogP contribution in [0.2, 0.25) is 0 Å². The number of hydrogen-bond acceptors (Lipinski definition) is 8. The van der Waals surface area contributed by atoms with Crippen LogP contribution in [0.1, 0.15) is 26.3 Å². The first-order chi connectivity index (χ1) is 16.3. The zero-order chi connectivity index (χ0) is 24.3. The largest absolute Gasteiger partial charge is 0.573 e. The van der Waals surface area contributed by atoms with Gasteiger partial charge in [-0.2, -0.15) is 0 Å². The number of carbonyl (C=O) groups excluding carboxylic acids is 2. The molecule has 0 unspecified atom stereocenters. The summed E-state index contributed by atoms with van der Waals surface area (Å²) in [5, 5.41) is 13.6. The first-order valence-corrected chi connectivity index (χ1v) is 9.94. The molecule has 0 bridgehead atoms. The van der Waals surface area contributed by atoms with E-state index in [-0.39, 0.29) is 47.9 Å². The molecule has 0 saturated carbocycles. The first kappa shape index (κ1) is 22.7. The molecule has 1 aliphatic rings. The zero-order valence-electron chi connectivity index (χ0n) is 17.4. The Kier molecular flexibility index (Phi) is 6.13. The Bertz CT molecular complexity index is 1210. The van der Waals surface area contributed by atoms with Crippen LogP contribution in [0, 0.1) is 5.41 Å². The van der Waals surface area contributed by atoms with Gasteiger partial charge in [-0.25, -0.2) is 9.97 Å². The molecule has 0 spiro atoms. The topological polar surface area (TPSA) is 120 Å². The highest BCUT2D eigenvalue weighted by molar-refractivity contribution is 6.21. The molecular formula is C22H17F3N6O3. The number of imide groups is 1. The number of hydrogen-bond donors (Lipinski definition) is 3. The molecular weight excluding hydrogens is 453 g/mol. The summed E-state index contributed by atoms with van der Waals surface area (Å²) in [7, 11) is 0. The minimum atomic E-state index is -4.79. The molecule has 4 rings (SSSR count). The summed E-state index contributed by atoms with van der Waals surface area (Å²) in [6.07, 6.45) is -2.54. The summed E-state index contributed by atoms with van der Waals surface area (Å²) >= 11 is 0. The van der Waals surface area contributed by atoms with E-state index in [0.717, 1.165) is 23.2 Å². The fourth-order valence-electron chi connectivity index (χ4n) is 3.38. The standard InChI is InChI=1S/C22H17F3N6O3/c23-22(24,25)34-14-7-5-13(6-8-14)30-19-17(11-26)18(28-12-29-19)27-9-10-31-20(32)15-3-1-2-4-16(15)21(31)33/h1-8,11-12,26H,9-10H2,(H2,27,28,29,30). The molecule has 0 aliphatic carbocycles. The van der Waals surface area contributed by atoms with Crippen molar-refractivity contribution in [1.82, 2.24) is 14.9 Å². The van der Waals surface area contributed by atoms with Crippen molar-refractivity contribution in [1.29, 1.82) is 5.41 Å². The van der Waals surface area contributed by atoms with Crippen LogP contribution in [0.4, 0.5) is 30.5 Å². The van der Waals surface area contributed by atoms with E-state index in [1.54, 1.807) is 24.3 Å². The van der Waals surface area contributed by atoms with Crippen molar-refractivity contribution in [2.75, 3.05) is 23.7 Å². The molecule has 3 aromatic rings. The minimum Gasteiger partial charge on any atom is -0.406 e. The van der Waals surface area contributed by atoms with Gasteiger partial charge in [-0.3, -0.25) is 14.5 Å². The summed E-state index contributed by atoms with van der Waals surface area (Å²) in [5.41, 5.74) is 1.40. The number of anilines is 3. The normalized spacial score (nSPS) is 13.0. The van der Waals surface area contributed by atoms with Gasteiger partial charge in [0.1, 0.15) is 23.7 Å². The maximum Gasteiger partial charge on any atom is 0.573 e. The fourth-order valence-corrected chi connectivity index (χ4v) is 3.38. The van der Waals surface area contributed by atoms with Crippen LogP contribution in [0.3, 0.4) is 0 Å². The number of nitrogens with one attached hydrogen (secondary N) is 3. The molecule has 12 heteroatoms. The lowest BCUT2D eigenvalue weighted by molar-refractivity contribution is -0.274. The van der Waals surface area contributed by atoms with Crippen molar-refractivity contribution >= 4 is 35.4 Å². The quantitative estimate of drug-likeness (QED) is 0.338. The molecule has 3 N–H and O–H groups in total. The van der Waals surface area contributed by atoms with Gasteiger partial charge in [0.05, 0.1) is 16.7 Å². The zero-order valence-corrected chi connectivity index (χ0v) is 17.4. The van der Waals surface area contributed by atoms with E-state index in [0.29, 0.717) is 16.8 Å². The van der Waals surface area contributed by atoms with Crippen LogP contribution in [-0.4, -0.2) is 52.3 Å². The molecule has 174 valence electrons. The number of rotatable bonds is 8. The molecule has 0 fully saturated rings. The molecule has 1 aromatic heterocycles. The van der Waals surface area contributed by atoms with Crippen molar-refractivity contribution in [3.05, 3.63) is 71.5 Å². The maximum absolute atomic E-state index is 12.5. The monoisotopic (exact) mass is 470 g/mol. The number of benzene rings is 2. The Balaban J connectivity index is 1.42. The Morgan fingerprint density at radius 1 is 0.971 bits per heavy atom. The lowest BCUT2D eigenvalue weighted by Gasteiger charge is -2.16. The number of ether oxygens (including phenoxy) is 1. The smallest absolute Gasteiger partial charge is 0.406 e. The molecule has 9 nitrogen and oxygen atoms in total. The van der Waals surface area contributed by atoms with E-state index >= 15 is 0 Å². The Labute approximate surface area is 191 Å². The minimum absolute atomic E-state index is 0.0806. The molecule has 1 aliphatic heterocycles. The van der Waals surface area contributed by atoms with Crippen LogP contribution in [0.5, 0.6) is 5.75 Å². The van der Waals surface area contributed by atoms with Gasteiger partial charge in [0.15, 0.2) is 0 Å². The van der Waals surface area contributed by atoms with E-state index < -0.39 is 6.36 Å². The summed E-state index contributed by atoms with van der Waals surface area (Å²) in [6.45, 7) is 0.253. The summed E-state index contributed by atoms with van der Waals surface area (Å²) in [4.78, 5) is 34.2. The van der Waals surface area contributed by atoms with Gasteiger partial charge in [0, 0.05) is 25.0 Å². The second kappa shape index (κ2) is 9.17. The average Bonchev–Trinajstić information content (AvgIpc) is 3.05. The van der Waals surface area contributed by atoms with Crippen LogP contribution in [0.25, 0.3) is 0 Å². The molecule has 2 heterocycles. The molecule has 0 saturated heterocycles. The van der Waals surface area contributed by atoms with Crippen molar-refractivity contribution in [2.24, 2.45) is 0 Å². The molecule has 34 heavy (non-hydrogen) atoms. The third kappa shape index (κ3) is 4.80. The second-order valence-electron chi connectivity index (χ2n) is 7.06. The highest BCUT2D eigenvalue weighted by Crippen LogP contribution is 2.27. The van der Waals surface area contributed by atoms with Crippen LogP contribution in [-0.2, 0) is 0 Å².